The van der Waals surface area contributed by atoms with Gasteiger partial charge in [-0.05, 0) is 44.6 Å². The largest absolute Gasteiger partial charge is 0.396 e. The van der Waals surface area contributed by atoms with Gasteiger partial charge in [-0.3, -0.25) is 14.4 Å². The fourth-order valence-electron chi connectivity index (χ4n) is 6.78. The number of hydrogen-bond donors (Lipinski definition) is 1. The Labute approximate surface area is 225 Å². The van der Waals surface area contributed by atoms with Crippen molar-refractivity contribution in [2.45, 2.75) is 62.8 Å². The quantitative estimate of drug-likeness (QED) is 0.317. The molecular weight excluding hydrogens is 482 g/mol. The summed E-state index contributed by atoms with van der Waals surface area (Å²) in [5.74, 6) is -1.88. The Hall–Kier alpha value is -2.97. The number of likely N-dealkylation sites (tertiary alicyclic amines) is 1. The van der Waals surface area contributed by atoms with E-state index in [2.05, 4.69) is 13.2 Å². The van der Waals surface area contributed by atoms with Gasteiger partial charge in [0.1, 0.15) is 11.6 Å². The maximum absolute atomic E-state index is 14.4. The Morgan fingerprint density at radius 2 is 1.82 bits per heavy atom. The SMILES string of the molecule is C=CCN(C)C(=O)[C@H]1[C@H]2C(=O)N(CCCCCO)C(C(=O)N(CC=C)Cc3ccccc3)C23CC[C@]1(C)O3. The lowest BCUT2D eigenvalue weighted by molar-refractivity contribution is -0.153. The van der Waals surface area contributed by atoms with Crippen LogP contribution in [0.2, 0.25) is 0 Å². The van der Waals surface area contributed by atoms with Crippen LogP contribution in [-0.2, 0) is 25.7 Å². The summed E-state index contributed by atoms with van der Waals surface area (Å²) >= 11 is 0. The number of nitrogens with zero attached hydrogens (tertiary/aromatic N) is 3. The molecule has 38 heavy (non-hydrogen) atoms. The highest BCUT2D eigenvalue weighted by molar-refractivity contribution is 5.99. The molecule has 2 bridgehead atoms. The lowest BCUT2D eigenvalue weighted by atomic mass is 9.66. The molecule has 1 aromatic carbocycles. The molecule has 0 aromatic heterocycles. The van der Waals surface area contributed by atoms with E-state index in [1.165, 1.54) is 0 Å². The fraction of sp³-hybridized carbons (Fsp3) is 0.567. The van der Waals surface area contributed by atoms with E-state index in [1.807, 2.05) is 37.3 Å². The molecule has 0 saturated carbocycles. The average Bonchev–Trinajstić information content (AvgIpc) is 3.47. The van der Waals surface area contributed by atoms with Crippen LogP contribution in [0.1, 0.15) is 44.6 Å². The van der Waals surface area contributed by atoms with Crippen molar-refractivity contribution in [2.24, 2.45) is 11.8 Å². The predicted molar refractivity (Wildman–Crippen MR) is 145 cm³/mol. The van der Waals surface area contributed by atoms with Gasteiger partial charge in [0.05, 0.1) is 17.4 Å². The number of rotatable bonds is 13. The van der Waals surface area contributed by atoms with Gasteiger partial charge >= 0.3 is 0 Å². The highest BCUT2D eigenvalue weighted by atomic mass is 16.5. The Morgan fingerprint density at radius 3 is 2.47 bits per heavy atom. The second kappa shape index (κ2) is 11.4. The lowest BCUT2D eigenvalue weighted by Gasteiger charge is -2.37. The standard InChI is InChI=1S/C30H41N3O5/c1-5-17-31(4)26(35)23-24-27(36)33(19-11-8-12-20-34)25(30(24)16-15-29(23,3)38-30)28(37)32(18-6-2)21-22-13-9-7-10-14-22/h5-7,9-10,13-14,23-25,34H,1-2,8,11-12,15-21H2,3-4H3/t23-,24+,25?,29+,30?/m1/s1. The number of aliphatic hydroxyl groups is 1. The van der Waals surface area contributed by atoms with Gasteiger partial charge in [0.2, 0.25) is 17.7 Å². The molecule has 5 atom stereocenters. The van der Waals surface area contributed by atoms with E-state index >= 15 is 0 Å². The monoisotopic (exact) mass is 523 g/mol. The molecular formula is C30H41N3O5. The number of ether oxygens (including phenoxy) is 1. The van der Waals surface area contributed by atoms with Crippen molar-refractivity contribution in [3.63, 3.8) is 0 Å². The van der Waals surface area contributed by atoms with E-state index in [-0.39, 0.29) is 24.3 Å². The van der Waals surface area contributed by atoms with E-state index in [1.54, 1.807) is 33.9 Å². The number of aliphatic hydroxyl groups excluding tert-OH is 1. The molecule has 8 heteroatoms. The van der Waals surface area contributed by atoms with Crippen LogP contribution < -0.4 is 0 Å². The fourth-order valence-corrected chi connectivity index (χ4v) is 6.78. The summed E-state index contributed by atoms with van der Waals surface area (Å²) in [5, 5.41) is 9.24. The molecule has 206 valence electrons. The summed E-state index contributed by atoms with van der Waals surface area (Å²) in [7, 11) is 1.71. The van der Waals surface area contributed by atoms with Crippen LogP contribution in [0.3, 0.4) is 0 Å². The molecule has 3 aliphatic heterocycles. The Balaban J connectivity index is 1.72. The molecule has 1 spiro atoms. The number of amides is 3. The number of carbonyl (C=O) groups is 3. The van der Waals surface area contributed by atoms with Gasteiger partial charge in [-0.2, -0.15) is 0 Å². The lowest BCUT2D eigenvalue weighted by Crippen LogP contribution is -2.56. The minimum absolute atomic E-state index is 0.0841. The molecule has 1 N–H and O–H groups in total. The normalized spacial score (nSPS) is 29.3. The Morgan fingerprint density at radius 1 is 1.11 bits per heavy atom. The third-order valence-electron chi connectivity index (χ3n) is 8.49. The van der Waals surface area contributed by atoms with Crippen LogP contribution >= 0.6 is 0 Å². The Bertz CT molecular complexity index is 1060. The molecule has 3 fully saturated rings. The number of carbonyl (C=O) groups excluding carboxylic acids is 3. The van der Waals surface area contributed by atoms with E-state index in [0.717, 1.165) is 12.0 Å². The smallest absolute Gasteiger partial charge is 0.248 e. The first kappa shape index (κ1) is 28.0. The van der Waals surface area contributed by atoms with Crippen LogP contribution in [-0.4, -0.2) is 88.1 Å². The molecule has 3 amide bonds. The highest BCUT2D eigenvalue weighted by Gasteiger charge is 2.78. The molecule has 0 aliphatic carbocycles. The van der Waals surface area contributed by atoms with Gasteiger partial charge in [0.15, 0.2) is 0 Å². The molecule has 3 aliphatic rings. The van der Waals surface area contributed by atoms with Crippen molar-refractivity contribution in [1.82, 2.24) is 14.7 Å². The van der Waals surface area contributed by atoms with Gasteiger partial charge in [-0.1, -0.05) is 42.5 Å². The summed E-state index contributed by atoms with van der Waals surface area (Å²) in [4.78, 5) is 47.2. The molecule has 2 unspecified atom stereocenters. The second-order valence-electron chi connectivity index (χ2n) is 11.0. The van der Waals surface area contributed by atoms with Crippen molar-refractivity contribution in [1.29, 1.82) is 0 Å². The van der Waals surface area contributed by atoms with Crippen LogP contribution in [0.5, 0.6) is 0 Å². The van der Waals surface area contributed by atoms with Gasteiger partial charge < -0.3 is 24.5 Å². The van der Waals surface area contributed by atoms with Crippen molar-refractivity contribution >= 4 is 17.7 Å². The van der Waals surface area contributed by atoms with E-state index in [9.17, 15) is 19.5 Å². The molecule has 8 nitrogen and oxygen atoms in total. The van der Waals surface area contributed by atoms with Crippen molar-refractivity contribution in [2.75, 3.05) is 33.3 Å². The maximum atomic E-state index is 14.4. The summed E-state index contributed by atoms with van der Waals surface area (Å²) in [5.41, 5.74) is -0.874. The van der Waals surface area contributed by atoms with Crippen LogP contribution in [0, 0.1) is 11.8 Å². The first-order chi connectivity index (χ1) is 18.2. The highest BCUT2D eigenvalue weighted by Crippen LogP contribution is 2.63. The van der Waals surface area contributed by atoms with E-state index in [4.69, 9.17) is 4.74 Å². The molecule has 4 rings (SSSR count). The van der Waals surface area contributed by atoms with Crippen molar-refractivity contribution < 1.29 is 24.2 Å². The van der Waals surface area contributed by atoms with Gasteiger partial charge in [0, 0.05) is 39.8 Å². The third kappa shape index (κ3) is 4.80. The summed E-state index contributed by atoms with van der Waals surface area (Å²) in [6, 6.07) is 8.93. The number of benzene rings is 1. The van der Waals surface area contributed by atoms with Crippen LogP contribution in [0.15, 0.2) is 55.6 Å². The predicted octanol–water partition coefficient (Wildman–Crippen LogP) is 2.77. The van der Waals surface area contributed by atoms with Crippen molar-refractivity contribution in [3.8, 4) is 0 Å². The molecule has 3 heterocycles. The average molecular weight is 524 g/mol. The zero-order valence-electron chi connectivity index (χ0n) is 22.7. The van der Waals surface area contributed by atoms with E-state index < -0.39 is 29.1 Å². The number of unbranched alkanes of at least 4 members (excludes halogenated alkanes) is 2. The zero-order chi connectivity index (χ0) is 27.5. The summed E-state index contributed by atoms with van der Waals surface area (Å²) in [6.45, 7) is 11.1. The minimum Gasteiger partial charge on any atom is -0.396 e. The summed E-state index contributed by atoms with van der Waals surface area (Å²) < 4.78 is 6.72. The topological polar surface area (TPSA) is 90.4 Å². The third-order valence-corrected chi connectivity index (χ3v) is 8.49. The minimum atomic E-state index is -1.05. The Kier molecular flexibility index (Phi) is 8.43. The van der Waals surface area contributed by atoms with Crippen molar-refractivity contribution in [3.05, 3.63) is 61.2 Å². The van der Waals surface area contributed by atoms with E-state index in [0.29, 0.717) is 51.9 Å². The number of hydrogen-bond acceptors (Lipinski definition) is 5. The first-order valence-electron chi connectivity index (χ1n) is 13.6. The zero-order valence-corrected chi connectivity index (χ0v) is 22.7. The maximum Gasteiger partial charge on any atom is 0.248 e. The molecule has 3 saturated heterocycles. The second-order valence-corrected chi connectivity index (χ2v) is 11.0. The van der Waals surface area contributed by atoms with Crippen LogP contribution in [0.25, 0.3) is 0 Å². The van der Waals surface area contributed by atoms with Crippen LogP contribution in [0.4, 0.5) is 0 Å². The van der Waals surface area contributed by atoms with Gasteiger partial charge in [-0.15, -0.1) is 13.2 Å². The summed E-state index contributed by atoms with van der Waals surface area (Å²) in [6.07, 6.45) is 6.55. The molecule has 0 radical (unpaired) electrons. The first-order valence-corrected chi connectivity index (χ1v) is 13.6. The number of fused-ring (bicyclic) bond motifs is 1. The molecule has 1 aromatic rings. The number of likely N-dealkylation sites (N-methyl/N-ethyl adjacent to an activating group) is 1. The van der Waals surface area contributed by atoms with Gasteiger partial charge in [0.25, 0.3) is 0 Å². The van der Waals surface area contributed by atoms with Gasteiger partial charge in [-0.25, -0.2) is 0 Å².